The first-order chi connectivity index (χ1) is 10.2. The molecule has 1 fully saturated rings. The summed E-state index contributed by atoms with van der Waals surface area (Å²) < 4.78 is 0. The minimum Gasteiger partial charge on any atom is -0.343 e. The number of rotatable bonds is 6. The molecule has 5 heteroatoms. The highest BCUT2D eigenvalue weighted by molar-refractivity contribution is 7.99. The quantitative estimate of drug-likeness (QED) is 0.814. The van der Waals surface area contributed by atoms with Crippen molar-refractivity contribution >= 4 is 29.3 Å². The predicted molar refractivity (Wildman–Crippen MR) is 90.0 cm³/mol. The van der Waals surface area contributed by atoms with Crippen LogP contribution < -0.4 is 5.32 Å². The number of nitrogens with one attached hydrogen (secondary N) is 1. The van der Waals surface area contributed by atoms with E-state index >= 15 is 0 Å². The van der Waals surface area contributed by atoms with E-state index in [1.165, 1.54) is 4.90 Å². The molecule has 116 valence electrons. The lowest BCUT2D eigenvalue weighted by molar-refractivity contribution is -0.132. The molecule has 21 heavy (non-hydrogen) atoms. The van der Waals surface area contributed by atoms with Crippen LogP contribution in [0.4, 0.5) is 0 Å². The third-order valence-corrected chi connectivity index (χ3v) is 5.12. The Balaban J connectivity index is 1.67. The summed E-state index contributed by atoms with van der Waals surface area (Å²) in [6.07, 6.45) is 2.86. The monoisotopic (exact) mass is 326 g/mol. The summed E-state index contributed by atoms with van der Waals surface area (Å²) in [6.45, 7) is 2.89. The van der Waals surface area contributed by atoms with Gasteiger partial charge in [-0.25, -0.2) is 0 Å². The van der Waals surface area contributed by atoms with Crippen molar-refractivity contribution in [2.24, 2.45) is 5.92 Å². The molecular weight excluding hydrogens is 304 g/mol. The lowest BCUT2D eigenvalue weighted by atomic mass is 9.97. The van der Waals surface area contributed by atoms with Crippen LogP contribution in [0.5, 0.6) is 0 Å². The number of thioether (sulfide) groups is 1. The molecule has 0 atom stereocenters. The van der Waals surface area contributed by atoms with Crippen LogP contribution in [-0.4, -0.2) is 43.2 Å². The largest absolute Gasteiger partial charge is 0.343 e. The van der Waals surface area contributed by atoms with Gasteiger partial charge >= 0.3 is 0 Å². The van der Waals surface area contributed by atoms with Crippen LogP contribution in [0.15, 0.2) is 29.2 Å². The van der Waals surface area contributed by atoms with Gasteiger partial charge in [-0.2, -0.15) is 0 Å². The number of nitrogens with zero attached hydrogens (tertiary/aromatic N) is 1. The van der Waals surface area contributed by atoms with Crippen LogP contribution in [0.3, 0.4) is 0 Å². The SMILES string of the molecule is CNCC1CCN(C(=O)CCSc2ccc(Cl)cc2)CC1. The van der Waals surface area contributed by atoms with E-state index in [1.54, 1.807) is 11.8 Å². The van der Waals surface area contributed by atoms with Crippen LogP contribution in [0.25, 0.3) is 0 Å². The van der Waals surface area contributed by atoms with Crippen molar-refractivity contribution in [2.75, 3.05) is 32.4 Å². The molecule has 0 spiro atoms. The number of hydrogen-bond donors (Lipinski definition) is 1. The Labute approximate surface area is 136 Å². The Morgan fingerprint density at radius 2 is 2.00 bits per heavy atom. The minimum absolute atomic E-state index is 0.291. The van der Waals surface area contributed by atoms with Gasteiger partial charge in [0.25, 0.3) is 0 Å². The maximum atomic E-state index is 12.2. The van der Waals surface area contributed by atoms with Gasteiger partial charge in [0.2, 0.25) is 5.91 Å². The molecule has 1 N–H and O–H groups in total. The van der Waals surface area contributed by atoms with Crippen molar-refractivity contribution in [3.8, 4) is 0 Å². The number of likely N-dealkylation sites (tertiary alicyclic amines) is 1. The molecular formula is C16H23ClN2OS. The minimum atomic E-state index is 0.291. The van der Waals surface area contributed by atoms with E-state index in [-0.39, 0.29) is 0 Å². The van der Waals surface area contributed by atoms with Crippen molar-refractivity contribution in [3.05, 3.63) is 29.3 Å². The van der Waals surface area contributed by atoms with E-state index in [4.69, 9.17) is 11.6 Å². The molecule has 0 saturated carbocycles. The van der Waals surface area contributed by atoms with Crippen LogP contribution in [0.2, 0.25) is 5.02 Å². The maximum absolute atomic E-state index is 12.2. The zero-order valence-corrected chi connectivity index (χ0v) is 14.1. The van der Waals surface area contributed by atoms with Crippen LogP contribution in [-0.2, 0) is 4.79 Å². The van der Waals surface area contributed by atoms with Gasteiger partial charge in [-0.3, -0.25) is 4.79 Å². The van der Waals surface area contributed by atoms with Gasteiger partial charge < -0.3 is 10.2 Å². The molecule has 0 radical (unpaired) electrons. The number of amides is 1. The fourth-order valence-corrected chi connectivity index (χ4v) is 3.59. The summed E-state index contributed by atoms with van der Waals surface area (Å²) in [5.41, 5.74) is 0. The van der Waals surface area contributed by atoms with Gasteiger partial charge in [-0.05, 0) is 56.6 Å². The molecule has 1 saturated heterocycles. The molecule has 1 aromatic rings. The van der Waals surface area contributed by atoms with Crippen LogP contribution in [0, 0.1) is 5.92 Å². The Bertz CT molecular complexity index is 444. The van der Waals surface area contributed by atoms with Gasteiger partial charge in [0.1, 0.15) is 0 Å². The Kier molecular flexibility index (Phi) is 6.87. The second-order valence-corrected chi connectivity index (χ2v) is 7.04. The van der Waals surface area contributed by atoms with Crippen LogP contribution >= 0.6 is 23.4 Å². The summed E-state index contributed by atoms with van der Waals surface area (Å²) in [5.74, 6) is 1.85. The van der Waals surface area contributed by atoms with E-state index in [0.29, 0.717) is 12.3 Å². The molecule has 1 aliphatic rings. The Morgan fingerprint density at radius 3 is 2.62 bits per heavy atom. The van der Waals surface area contributed by atoms with Gasteiger partial charge in [0.15, 0.2) is 0 Å². The molecule has 1 heterocycles. The molecule has 0 unspecified atom stereocenters. The third-order valence-electron chi connectivity index (χ3n) is 3.86. The van der Waals surface area contributed by atoms with E-state index in [0.717, 1.165) is 49.2 Å². The van der Waals surface area contributed by atoms with E-state index in [9.17, 15) is 4.79 Å². The summed E-state index contributed by atoms with van der Waals surface area (Å²) in [7, 11) is 1.99. The number of halogens is 1. The number of piperidine rings is 1. The zero-order chi connectivity index (χ0) is 15.1. The highest BCUT2D eigenvalue weighted by atomic mass is 35.5. The first-order valence-electron chi connectivity index (χ1n) is 7.50. The van der Waals surface area contributed by atoms with Crippen LogP contribution in [0.1, 0.15) is 19.3 Å². The molecule has 0 aliphatic carbocycles. The van der Waals surface area contributed by atoms with Crippen molar-refractivity contribution < 1.29 is 4.79 Å². The first-order valence-corrected chi connectivity index (χ1v) is 8.86. The lowest BCUT2D eigenvalue weighted by Gasteiger charge is -2.32. The van der Waals surface area contributed by atoms with Crippen molar-refractivity contribution in [2.45, 2.75) is 24.2 Å². The van der Waals surface area contributed by atoms with Crippen molar-refractivity contribution in [3.63, 3.8) is 0 Å². The zero-order valence-electron chi connectivity index (χ0n) is 12.5. The number of carbonyl (C=O) groups excluding carboxylic acids is 1. The van der Waals surface area contributed by atoms with Crippen molar-refractivity contribution in [1.29, 1.82) is 0 Å². The van der Waals surface area contributed by atoms with E-state index in [2.05, 4.69) is 5.32 Å². The smallest absolute Gasteiger partial charge is 0.223 e. The number of benzene rings is 1. The third kappa shape index (κ3) is 5.53. The van der Waals surface area contributed by atoms with E-state index < -0.39 is 0 Å². The highest BCUT2D eigenvalue weighted by Gasteiger charge is 2.21. The fraction of sp³-hybridized carbons (Fsp3) is 0.562. The summed E-state index contributed by atoms with van der Waals surface area (Å²) in [4.78, 5) is 15.4. The molecule has 0 bridgehead atoms. The average molecular weight is 327 g/mol. The number of carbonyl (C=O) groups is 1. The maximum Gasteiger partial charge on any atom is 0.223 e. The lowest BCUT2D eigenvalue weighted by Crippen LogP contribution is -2.40. The molecule has 1 aliphatic heterocycles. The molecule has 2 rings (SSSR count). The van der Waals surface area contributed by atoms with Gasteiger partial charge in [-0.1, -0.05) is 11.6 Å². The predicted octanol–water partition coefficient (Wildman–Crippen LogP) is 3.28. The standard InChI is InChI=1S/C16H23ClN2OS/c1-18-12-13-6-9-19(10-7-13)16(20)8-11-21-15-4-2-14(17)3-5-15/h2-5,13,18H,6-12H2,1H3. The Morgan fingerprint density at radius 1 is 1.33 bits per heavy atom. The van der Waals surface area contributed by atoms with Gasteiger partial charge in [0, 0.05) is 35.2 Å². The van der Waals surface area contributed by atoms with E-state index in [1.807, 2.05) is 36.2 Å². The number of hydrogen-bond acceptors (Lipinski definition) is 3. The van der Waals surface area contributed by atoms with Gasteiger partial charge in [0.05, 0.1) is 0 Å². The molecule has 1 amide bonds. The average Bonchev–Trinajstić information content (AvgIpc) is 2.50. The normalized spacial score (nSPS) is 16.2. The topological polar surface area (TPSA) is 32.3 Å². The highest BCUT2D eigenvalue weighted by Crippen LogP contribution is 2.22. The summed E-state index contributed by atoms with van der Waals surface area (Å²) in [6, 6.07) is 7.78. The second kappa shape index (κ2) is 8.66. The van der Waals surface area contributed by atoms with Crippen molar-refractivity contribution in [1.82, 2.24) is 10.2 Å². The molecule has 3 nitrogen and oxygen atoms in total. The molecule has 0 aromatic heterocycles. The summed E-state index contributed by atoms with van der Waals surface area (Å²) in [5, 5.41) is 3.97. The molecule has 1 aromatic carbocycles. The van der Waals surface area contributed by atoms with Gasteiger partial charge in [-0.15, -0.1) is 11.8 Å². The fourth-order valence-electron chi connectivity index (χ4n) is 2.62. The second-order valence-electron chi connectivity index (χ2n) is 5.43. The Hall–Kier alpha value is -0.710. The summed E-state index contributed by atoms with van der Waals surface area (Å²) >= 11 is 7.57. The first kappa shape index (κ1) is 16.7.